The van der Waals surface area contributed by atoms with Gasteiger partial charge in [0, 0.05) is 35.1 Å². The summed E-state index contributed by atoms with van der Waals surface area (Å²) in [7, 11) is 0. The van der Waals surface area contributed by atoms with E-state index in [1.807, 2.05) is 47.8 Å². The number of nitrogens with zero attached hydrogens (tertiary/aromatic N) is 3. The van der Waals surface area contributed by atoms with E-state index in [2.05, 4.69) is 25.6 Å². The molecule has 0 atom stereocenters. The van der Waals surface area contributed by atoms with Crippen LogP contribution >= 0.6 is 22.7 Å². The summed E-state index contributed by atoms with van der Waals surface area (Å²) in [5.74, 6) is 0.189. The predicted molar refractivity (Wildman–Crippen MR) is 118 cm³/mol. The average Bonchev–Trinajstić information content (AvgIpc) is 3.42. The van der Waals surface area contributed by atoms with E-state index in [1.54, 1.807) is 11.3 Å². The highest BCUT2D eigenvalue weighted by Crippen LogP contribution is 2.31. The van der Waals surface area contributed by atoms with Crippen LogP contribution in [0.15, 0.2) is 60.2 Å². The van der Waals surface area contributed by atoms with Gasteiger partial charge >= 0.3 is 0 Å². The third-order valence-corrected chi connectivity index (χ3v) is 5.96. The van der Waals surface area contributed by atoms with Crippen LogP contribution in [0.2, 0.25) is 0 Å². The van der Waals surface area contributed by atoms with Gasteiger partial charge in [0.1, 0.15) is 0 Å². The van der Waals surface area contributed by atoms with Crippen molar-refractivity contribution in [1.29, 1.82) is 0 Å². The monoisotopic (exact) mass is 435 g/mol. The van der Waals surface area contributed by atoms with E-state index in [-0.39, 0.29) is 11.8 Å². The number of carbonyl (C=O) groups excluding carboxylic acids is 2. The van der Waals surface area contributed by atoms with Crippen molar-refractivity contribution in [3.8, 4) is 22.0 Å². The molecule has 4 rings (SSSR count). The summed E-state index contributed by atoms with van der Waals surface area (Å²) in [4.78, 5) is 38.6. The summed E-state index contributed by atoms with van der Waals surface area (Å²) >= 11 is 2.90. The lowest BCUT2D eigenvalue weighted by molar-refractivity contribution is -0.119. The van der Waals surface area contributed by atoms with Crippen LogP contribution in [0.5, 0.6) is 0 Å². The molecule has 150 valence electrons. The SMILES string of the molecule is CC(=O)NCc1ccc(-c2csc(NC(=O)c3cnc(-c4ccccc4)nc3)n2)s1. The number of benzene rings is 1. The van der Waals surface area contributed by atoms with Crippen LogP contribution in [-0.4, -0.2) is 26.8 Å². The fourth-order valence-corrected chi connectivity index (χ4v) is 4.31. The average molecular weight is 436 g/mol. The van der Waals surface area contributed by atoms with Gasteiger partial charge in [-0.25, -0.2) is 15.0 Å². The Hall–Kier alpha value is -3.43. The van der Waals surface area contributed by atoms with Gasteiger partial charge in [0.05, 0.1) is 22.7 Å². The van der Waals surface area contributed by atoms with Crippen molar-refractivity contribution < 1.29 is 9.59 Å². The Balaban J connectivity index is 1.41. The molecule has 4 aromatic rings. The molecular weight excluding hydrogens is 418 g/mol. The quantitative estimate of drug-likeness (QED) is 0.473. The van der Waals surface area contributed by atoms with Crippen molar-refractivity contribution in [3.05, 3.63) is 70.7 Å². The first-order valence-corrected chi connectivity index (χ1v) is 10.8. The molecule has 7 nitrogen and oxygen atoms in total. The molecule has 0 aliphatic heterocycles. The van der Waals surface area contributed by atoms with E-state index in [0.717, 1.165) is 21.0 Å². The van der Waals surface area contributed by atoms with Crippen molar-refractivity contribution >= 4 is 39.6 Å². The smallest absolute Gasteiger partial charge is 0.260 e. The summed E-state index contributed by atoms with van der Waals surface area (Å²) in [6, 6.07) is 13.5. The van der Waals surface area contributed by atoms with Crippen LogP contribution in [0.25, 0.3) is 22.0 Å². The first-order chi connectivity index (χ1) is 14.6. The summed E-state index contributed by atoms with van der Waals surface area (Å²) in [6.45, 7) is 1.98. The first-order valence-electron chi connectivity index (χ1n) is 9.06. The van der Waals surface area contributed by atoms with Gasteiger partial charge in [0.15, 0.2) is 11.0 Å². The van der Waals surface area contributed by atoms with Gasteiger partial charge in [0.25, 0.3) is 5.91 Å². The molecule has 1 aromatic carbocycles. The molecule has 0 bridgehead atoms. The molecule has 2 N–H and O–H groups in total. The number of hydrogen-bond acceptors (Lipinski definition) is 7. The molecule has 0 aliphatic rings. The molecular formula is C21H17N5O2S2. The van der Waals surface area contributed by atoms with Gasteiger partial charge in [-0.15, -0.1) is 22.7 Å². The van der Waals surface area contributed by atoms with Crippen molar-refractivity contribution in [1.82, 2.24) is 20.3 Å². The summed E-state index contributed by atoms with van der Waals surface area (Å²) < 4.78 is 0. The van der Waals surface area contributed by atoms with E-state index < -0.39 is 0 Å². The second-order valence-corrected chi connectivity index (χ2v) is 8.36. The van der Waals surface area contributed by atoms with Crippen LogP contribution in [0.3, 0.4) is 0 Å². The minimum absolute atomic E-state index is 0.0654. The molecule has 3 aromatic heterocycles. The molecule has 9 heteroatoms. The first kappa shape index (κ1) is 19.9. The number of anilines is 1. The normalized spacial score (nSPS) is 10.6. The third-order valence-electron chi connectivity index (χ3n) is 4.10. The van der Waals surface area contributed by atoms with Gasteiger partial charge < -0.3 is 5.32 Å². The van der Waals surface area contributed by atoms with Crippen LogP contribution in [0.1, 0.15) is 22.2 Å². The Bertz CT molecular complexity index is 1170. The number of aromatic nitrogens is 3. The molecule has 0 fully saturated rings. The standard InChI is InChI=1S/C21H17N5O2S2/c1-13(27)22-11-16-7-8-18(30-16)17-12-29-21(25-17)26-20(28)15-9-23-19(24-10-15)14-5-3-2-4-6-14/h2-10,12H,11H2,1H3,(H,22,27)(H,25,26,28). The predicted octanol–water partition coefficient (Wildman–Crippen LogP) is 4.22. The van der Waals surface area contributed by atoms with E-state index >= 15 is 0 Å². The highest BCUT2D eigenvalue weighted by molar-refractivity contribution is 7.17. The molecule has 0 saturated carbocycles. The Morgan fingerprint density at radius 1 is 1.03 bits per heavy atom. The minimum Gasteiger partial charge on any atom is -0.351 e. The Morgan fingerprint density at radius 2 is 1.80 bits per heavy atom. The van der Waals surface area contributed by atoms with E-state index in [4.69, 9.17) is 0 Å². The summed E-state index contributed by atoms with van der Waals surface area (Å²) in [5.41, 5.74) is 2.04. The van der Waals surface area contributed by atoms with Crippen LogP contribution in [0.4, 0.5) is 5.13 Å². The molecule has 0 saturated heterocycles. The number of thiophene rings is 1. The van der Waals surface area contributed by atoms with Crippen molar-refractivity contribution in [2.45, 2.75) is 13.5 Å². The molecule has 2 amide bonds. The lowest BCUT2D eigenvalue weighted by Crippen LogP contribution is -2.17. The maximum atomic E-state index is 12.5. The summed E-state index contributed by atoms with van der Waals surface area (Å²) in [6.07, 6.45) is 3.01. The maximum absolute atomic E-state index is 12.5. The van der Waals surface area contributed by atoms with E-state index in [1.165, 1.54) is 30.7 Å². The molecule has 0 unspecified atom stereocenters. The van der Waals surface area contributed by atoms with Gasteiger partial charge in [-0.1, -0.05) is 30.3 Å². The number of nitrogens with one attached hydrogen (secondary N) is 2. The molecule has 0 spiro atoms. The number of thiazole rings is 1. The number of hydrogen-bond donors (Lipinski definition) is 2. The van der Waals surface area contributed by atoms with Crippen LogP contribution in [0, 0.1) is 0 Å². The highest BCUT2D eigenvalue weighted by atomic mass is 32.1. The largest absolute Gasteiger partial charge is 0.351 e. The van der Waals surface area contributed by atoms with Gasteiger partial charge in [-0.05, 0) is 12.1 Å². The molecule has 3 heterocycles. The maximum Gasteiger partial charge on any atom is 0.260 e. The molecule has 0 radical (unpaired) electrons. The zero-order chi connectivity index (χ0) is 20.9. The Kier molecular flexibility index (Phi) is 5.92. The van der Waals surface area contributed by atoms with Gasteiger partial charge in [-0.3, -0.25) is 14.9 Å². The van der Waals surface area contributed by atoms with Crippen LogP contribution in [-0.2, 0) is 11.3 Å². The lowest BCUT2D eigenvalue weighted by Gasteiger charge is -2.03. The highest BCUT2D eigenvalue weighted by Gasteiger charge is 2.13. The molecule has 30 heavy (non-hydrogen) atoms. The number of amides is 2. The second-order valence-electron chi connectivity index (χ2n) is 6.33. The fourth-order valence-electron chi connectivity index (χ4n) is 2.62. The summed E-state index contributed by atoms with van der Waals surface area (Å²) in [5, 5.41) is 7.95. The van der Waals surface area contributed by atoms with E-state index in [0.29, 0.717) is 23.1 Å². The number of rotatable bonds is 6. The zero-order valence-electron chi connectivity index (χ0n) is 16.0. The minimum atomic E-state index is -0.312. The third kappa shape index (κ3) is 4.76. The van der Waals surface area contributed by atoms with Gasteiger partial charge in [0.2, 0.25) is 5.91 Å². The van der Waals surface area contributed by atoms with E-state index in [9.17, 15) is 9.59 Å². The van der Waals surface area contributed by atoms with Crippen molar-refractivity contribution in [2.75, 3.05) is 5.32 Å². The Morgan fingerprint density at radius 3 is 2.53 bits per heavy atom. The lowest BCUT2D eigenvalue weighted by atomic mass is 10.2. The topological polar surface area (TPSA) is 96.9 Å². The van der Waals surface area contributed by atoms with Crippen LogP contribution < -0.4 is 10.6 Å². The zero-order valence-corrected chi connectivity index (χ0v) is 17.6. The number of carbonyl (C=O) groups is 2. The van der Waals surface area contributed by atoms with Crippen molar-refractivity contribution in [2.24, 2.45) is 0 Å². The fraction of sp³-hybridized carbons (Fsp3) is 0.0952. The van der Waals surface area contributed by atoms with Crippen molar-refractivity contribution in [3.63, 3.8) is 0 Å². The molecule has 0 aliphatic carbocycles. The second kappa shape index (κ2) is 8.93. The van der Waals surface area contributed by atoms with Gasteiger partial charge in [-0.2, -0.15) is 0 Å². The Labute approximate surface area is 180 Å².